The number of ether oxygens (including phenoxy) is 3. The first-order chi connectivity index (χ1) is 14.6. The van der Waals surface area contributed by atoms with Gasteiger partial charge in [0.1, 0.15) is 23.7 Å². The molecule has 8 heteroatoms. The standard InChI is InChI=1S/C22H23N5O3/c1-13-9-15(5-6-18(13)30-14(2)21-23-7-8-24-21)27-22-16-10-19(28-3)20(29-4)11-17(16)25-12-26-22/h5-12,14H,1-4H3,(H,23,24)(H,25,26,27). The summed E-state index contributed by atoms with van der Waals surface area (Å²) in [6.45, 7) is 3.96. The summed E-state index contributed by atoms with van der Waals surface area (Å²) in [5, 5.41) is 4.20. The summed E-state index contributed by atoms with van der Waals surface area (Å²) in [5.41, 5.74) is 2.64. The van der Waals surface area contributed by atoms with Gasteiger partial charge >= 0.3 is 0 Å². The predicted octanol–water partition coefficient (Wildman–Crippen LogP) is 4.56. The first-order valence-electron chi connectivity index (χ1n) is 9.49. The number of aromatic nitrogens is 4. The summed E-state index contributed by atoms with van der Waals surface area (Å²) in [6, 6.07) is 9.60. The number of rotatable bonds is 7. The molecule has 0 saturated carbocycles. The molecule has 0 spiro atoms. The predicted molar refractivity (Wildman–Crippen MR) is 115 cm³/mol. The van der Waals surface area contributed by atoms with Gasteiger partial charge in [0.05, 0.1) is 19.7 Å². The van der Waals surface area contributed by atoms with E-state index in [4.69, 9.17) is 14.2 Å². The van der Waals surface area contributed by atoms with Gasteiger partial charge in [0.2, 0.25) is 0 Å². The van der Waals surface area contributed by atoms with Crippen LogP contribution in [0.3, 0.4) is 0 Å². The molecule has 2 aromatic heterocycles. The van der Waals surface area contributed by atoms with Crippen LogP contribution in [0.15, 0.2) is 49.1 Å². The highest BCUT2D eigenvalue weighted by Crippen LogP contribution is 2.35. The van der Waals surface area contributed by atoms with E-state index in [1.54, 1.807) is 26.6 Å². The molecule has 0 fully saturated rings. The zero-order valence-electron chi connectivity index (χ0n) is 17.3. The second-order valence-corrected chi connectivity index (χ2v) is 6.79. The van der Waals surface area contributed by atoms with Crippen LogP contribution in [-0.2, 0) is 0 Å². The lowest BCUT2D eigenvalue weighted by atomic mass is 10.1. The Morgan fingerprint density at radius 3 is 2.47 bits per heavy atom. The van der Waals surface area contributed by atoms with Crippen LogP contribution in [0.5, 0.6) is 17.2 Å². The minimum absolute atomic E-state index is 0.175. The number of hydrogen-bond acceptors (Lipinski definition) is 7. The van der Waals surface area contributed by atoms with Crippen molar-refractivity contribution in [2.75, 3.05) is 19.5 Å². The van der Waals surface area contributed by atoms with Gasteiger partial charge in [-0.2, -0.15) is 0 Å². The molecule has 2 aromatic carbocycles. The lowest BCUT2D eigenvalue weighted by Crippen LogP contribution is -2.06. The van der Waals surface area contributed by atoms with Crippen molar-refractivity contribution in [2.45, 2.75) is 20.0 Å². The van der Waals surface area contributed by atoms with E-state index in [2.05, 4.69) is 25.3 Å². The molecule has 1 atom stereocenters. The normalized spacial score (nSPS) is 11.9. The van der Waals surface area contributed by atoms with Crippen molar-refractivity contribution in [1.29, 1.82) is 0 Å². The third kappa shape index (κ3) is 3.84. The van der Waals surface area contributed by atoms with Gasteiger partial charge in [0.15, 0.2) is 17.6 Å². The Morgan fingerprint density at radius 2 is 1.77 bits per heavy atom. The van der Waals surface area contributed by atoms with Gasteiger partial charge in [-0.15, -0.1) is 0 Å². The molecule has 4 rings (SSSR count). The van der Waals surface area contributed by atoms with Gasteiger partial charge in [-0.05, 0) is 43.7 Å². The molecule has 1 unspecified atom stereocenters. The third-order valence-corrected chi connectivity index (χ3v) is 4.79. The van der Waals surface area contributed by atoms with Crippen LogP contribution in [0.4, 0.5) is 11.5 Å². The van der Waals surface area contributed by atoms with Crippen molar-refractivity contribution < 1.29 is 14.2 Å². The third-order valence-electron chi connectivity index (χ3n) is 4.79. The average Bonchev–Trinajstić information content (AvgIpc) is 3.30. The molecule has 0 saturated heterocycles. The van der Waals surface area contributed by atoms with Crippen LogP contribution >= 0.6 is 0 Å². The van der Waals surface area contributed by atoms with Crippen LogP contribution in [0.2, 0.25) is 0 Å². The molecule has 0 amide bonds. The zero-order valence-corrected chi connectivity index (χ0v) is 17.3. The quantitative estimate of drug-likeness (QED) is 0.465. The van der Waals surface area contributed by atoms with Crippen molar-refractivity contribution >= 4 is 22.4 Å². The maximum atomic E-state index is 6.04. The Bertz CT molecular complexity index is 1160. The maximum Gasteiger partial charge on any atom is 0.162 e. The molecular formula is C22H23N5O3. The van der Waals surface area contributed by atoms with E-state index in [1.807, 2.05) is 44.2 Å². The second-order valence-electron chi connectivity index (χ2n) is 6.79. The number of hydrogen-bond donors (Lipinski definition) is 2. The average molecular weight is 405 g/mol. The molecule has 0 aliphatic rings. The van der Waals surface area contributed by atoms with Crippen LogP contribution in [0.25, 0.3) is 10.9 Å². The molecule has 4 aromatic rings. The van der Waals surface area contributed by atoms with Gasteiger partial charge in [-0.1, -0.05) is 0 Å². The van der Waals surface area contributed by atoms with Crippen molar-refractivity contribution in [3.63, 3.8) is 0 Å². The number of H-pyrrole nitrogens is 1. The van der Waals surface area contributed by atoms with Crippen molar-refractivity contribution in [1.82, 2.24) is 19.9 Å². The maximum absolute atomic E-state index is 6.04. The van der Waals surface area contributed by atoms with Crippen molar-refractivity contribution in [3.8, 4) is 17.2 Å². The van der Waals surface area contributed by atoms with Crippen molar-refractivity contribution in [3.05, 3.63) is 60.4 Å². The Kier molecular flexibility index (Phi) is 5.38. The number of benzene rings is 2. The van der Waals surface area contributed by atoms with Gasteiger partial charge < -0.3 is 24.5 Å². The first-order valence-corrected chi connectivity index (χ1v) is 9.49. The SMILES string of the molecule is COc1cc2ncnc(Nc3ccc(OC(C)c4ncc[nH]4)c(C)c3)c2cc1OC. The summed E-state index contributed by atoms with van der Waals surface area (Å²) < 4.78 is 16.8. The monoisotopic (exact) mass is 405 g/mol. The Balaban J connectivity index is 1.60. The van der Waals surface area contributed by atoms with Crippen LogP contribution in [0.1, 0.15) is 24.4 Å². The molecule has 0 aliphatic heterocycles. The Hall–Kier alpha value is -3.81. The zero-order chi connectivity index (χ0) is 21.1. The van der Waals surface area contributed by atoms with E-state index in [0.717, 1.165) is 33.7 Å². The number of imidazole rings is 1. The number of nitrogens with zero attached hydrogens (tertiary/aromatic N) is 3. The van der Waals surface area contributed by atoms with E-state index in [0.29, 0.717) is 17.3 Å². The minimum atomic E-state index is -0.175. The topological polar surface area (TPSA) is 94.2 Å². The fourth-order valence-corrected chi connectivity index (χ4v) is 3.22. The highest BCUT2D eigenvalue weighted by molar-refractivity contribution is 5.93. The fourth-order valence-electron chi connectivity index (χ4n) is 3.22. The van der Waals surface area contributed by atoms with E-state index in [-0.39, 0.29) is 6.10 Å². The summed E-state index contributed by atoms with van der Waals surface area (Å²) >= 11 is 0. The van der Waals surface area contributed by atoms with Crippen LogP contribution in [0, 0.1) is 6.92 Å². The van der Waals surface area contributed by atoms with Crippen molar-refractivity contribution in [2.24, 2.45) is 0 Å². The van der Waals surface area contributed by atoms with E-state index < -0.39 is 0 Å². The van der Waals surface area contributed by atoms with E-state index in [9.17, 15) is 0 Å². The van der Waals surface area contributed by atoms with Gasteiger partial charge in [-0.3, -0.25) is 0 Å². The van der Waals surface area contributed by atoms with Crippen LogP contribution in [-0.4, -0.2) is 34.2 Å². The van der Waals surface area contributed by atoms with E-state index >= 15 is 0 Å². The molecule has 2 heterocycles. The molecular weight excluding hydrogens is 382 g/mol. The number of anilines is 2. The summed E-state index contributed by atoms with van der Waals surface area (Å²) in [6.07, 6.45) is 4.84. The fraction of sp³-hybridized carbons (Fsp3) is 0.227. The summed E-state index contributed by atoms with van der Waals surface area (Å²) in [4.78, 5) is 16.1. The number of nitrogens with one attached hydrogen (secondary N) is 2. The number of fused-ring (bicyclic) bond motifs is 1. The molecule has 0 bridgehead atoms. The van der Waals surface area contributed by atoms with Crippen LogP contribution < -0.4 is 19.5 Å². The largest absolute Gasteiger partial charge is 0.493 e. The second kappa shape index (κ2) is 8.28. The highest BCUT2D eigenvalue weighted by atomic mass is 16.5. The highest BCUT2D eigenvalue weighted by Gasteiger charge is 2.13. The van der Waals surface area contributed by atoms with E-state index in [1.165, 1.54) is 6.33 Å². The van der Waals surface area contributed by atoms with Gasteiger partial charge in [0, 0.05) is 29.5 Å². The number of methoxy groups -OCH3 is 2. The molecule has 0 radical (unpaired) electrons. The number of aryl methyl sites for hydroxylation is 1. The smallest absolute Gasteiger partial charge is 0.162 e. The lowest BCUT2D eigenvalue weighted by Gasteiger charge is -2.16. The van der Waals surface area contributed by atoms with Gasteiger partial charge in [0.25, 0.3) is 0 Å². The summed E-state index contributed by atoms with van der Waals surface area (Å²) in [5.74, 6) is 3.50. The Morgan fingerprint density at radius 1 is 0.967 bits per heavy atom. The first kappa shape index (κ1) is 19.5. The van der Waals surface area contributed by atoms with Gasteiger partial charge in [-0.25, -0.2) is 15.0 Å². The number of aromatic amines is 1. The lowest BCUT2D eigenvalue weighted by molar-refractivity contribution is 0.216. The molecule has 154 valence electrons. The molecule has 0 aliphatic carbocycles. The molecule has 8 nitrogen and oxygen atoms in total. The summed E-state index contributed by atoms with van der Waals surface area (Å²) in [7, 11) is 3.20. The molecule has 2 N–H and O–H groups in total. The minimum Gasteiger partial charge on any atom is -0.493 e. The molecule has 30 heavy (non-hydrogen) atoms. The Labute approximate surface area is 174 Å².